The molecule has 0 spiro atoms. The standard InChI is InChI=1S/C29H28N4O5S/c1-36-26-12-7-20(17-27(26)37-2)13-15-31-29-25(18-30)32-28(38-29)22-8-10-24(11-9-22)39(34,35)33-16-14-21-5-3-4-6-23(21)19-33/h3-12,17,31H,13-16,19H2,1-2H3. The highest BCUT2D eigenvalue weighted by Gasteiger charge is 2.28. The van der Waals surface area contributed by atoms with Gasteiger partial charge in [-0.15, -0.1) is 0 Å². The molecule has 0 saturated carbocycles. The molecule has 10 heteroatoms. The average Bonchev–Trinajstić information content (AvgIpc) is 3.40. The van der Waals surface area contributed by atoms with Gasteiger partial charge in [-0.1, -0.05) is 30.3 Å². The molecular formula is C29H28N4O5S. The van der Waals surface area contributed by atoms with Crippen molar-refractivity contribution in [2.24, 2.45) is 0 Å². The first-order valence-corrected chi connectivity index (χ1v) is 13.9. The lowest BCUT2D eigenvalue weighted by Crippen LogP contribution is -2.35. The predicted molar refractivity (Wildman–Crippen MR) is 146 cm³/mol. The number of rotatable bonds is 9. The van der Waals surface area contributed by atoms with Crippen LogP contribution >= 0.6 is 0 Å². The molecule has 1 aliphatic rings. The molecule has 200 valence electrons. The van der Waals surface area contributed by atoms with Gasteiger partial charge in [-0.05, 0) is 65.9 Å². The molecule has 3 aromatic carbocycles. The number of hydrogen-bond donors (Lipinski definition) is 1. The zero-order valence-corrected chi connectivity index (χ0v) is 22.5. The summed E-state index contributed by atoms with van der Waals surface area (Å²) in [5.74, 6) is 1.79. The van der Waals surface area contributed by atoms with Crippen LogP contribution in [-0.2, 0) is 29.4 Å². The number of sulfonamides is 1. The summed E-state index contributed by atoms with van der Waals surface area (Å²) in [6, 6.07) is 22.0. The van der Waals surface area contributed by atoms with Crippen LogP contribution in [0.2, 0.25) is 0 Å². The minimum Gasteiger partial charge on any atom is -0.493 e. The molecule has 0 bridgehead atoms. The van der Waals surface area contributed by atoms with Crippen molar-refractivity contribution in [3.63, 3.8) is 0 Å². The molecule has 0 amide bonds. The topological polar surface area (TPSA) is 118 Å². The maximum Gasteiger partial charge on any atom is 0.243 e. The molecule has 1 aromatic heterocycles. The third-order valence-electron chi connectivity index (χ3n) is 6.71. The van der Waals surface area contributed by atoms with Gasteiger partial charge < -0.3 is 19.2 Å². The van der Waals surface area contributed by atoms with Crippen molar-refractivity contribution < 1.29 is 22.3 Å². The van der Waals surface area contributed by atoms with E-state index < -0.39 is 10.0 Å². The molecule has 0 aliphatic carbocycles. The largest absolute Gasteiger partial charge is 0.493 e. The predicted octanol–water partition coefficient (Wildman–Crippen LogP) is 4.63. The first-order valence-electron chi connectivity index (χ1n) is 12.5. The number of methoxy groups -OCH3 is 2. The van der Waals surface area contributed by atoms with Gasteiger partial charge in [0.15, 0.2) is 11.5 Å². The quantitative estimate of drug-likeness (QED) is 0.324. The molecular weight excluding hydrogens is 516 g/mol. The van der Waals surface area contributed by atoms with E-state index in [1.54, 1.807) is 38.5 Å². The van der Waals surface area contributed by atoms with Gasteiger partial charge in [-0.3, -0.25) is 0 Å². The van der Waals surface area contributed by atoms with E-state index in [0.717, 1.165) is 11.1 Å². The third kappa shape index (κ3) is 5.46. The van der Waals surface area contributed by atoms with Crippen molar-refractivity contribution in [3.8, 4) is 29.0 Å². The zero-order chi connectivity index (χ0) is 27.4. The lowest BCUT2D eigenvalue weighted by atomic mass is 10.0. The first kappa shape index (κ1) is 26.3. The molecule has 5 rings (SSSR count). The molecule has 1 aliphatic heterocycles. The number of hydrogen-bond acceptors (Lipinski definition) is 8. The van der Waals surface area contributed by atoms with Crippen LogP contribution in [0.15, 0.2) is 76.0 Å². The van der Waals surface area contributed by atoms with E-state index in [0.29, 0.717) is 49.5 Å². The van der Waals surface area contributed by atoms with Gasteiger partial charge in [-0.2, -0.15) is 14.6 Å². The Labute approximate surface area is 227 Å². The van der Waals surface area contributed by atoms with Crippen molar-refractivity contribution >= 4 is 15.9 Å². The number of oxazole rings is 1. The molecule has 4 aromatic rings. The van der Waals surface area contributed by atoms with E-state index in [4.69, 9.17) is 13.9 Å². The summed E-state index contributed by atoms with van der Waals surface area (Å²) in [5.41, 5.74) is 3.93. The molecule has 0 radical (unpaired) electrons. The number of nitrogens with one attached hydrogen (secondary N) is 1. The SMILES string of the molecule is COc1ccc(CCNc2oc(-c3ccc(S(=O)(=O)N4CCc5ccccc5C4)cc3)nc2C#N)cc1OC. The Morgan fingerprint density at radius 2 is 1.77 bits per heavy atom. The van der Waals surface area contributed by atoms with Gasteiger partial charge >= 0.3 is 0 Å². The second-order valence-electron chi connectivity index (χ2n) is 9.06. The maximum absolute atomic E-state index is 13.3. The first-order chi connectivity index (χ1) is 18.9. The Hall–Kier alpha value is -4.33. The minimum atomic E-state index is -3.66. The second kappa shape index (κ2) is 11.2. The molecule has 1 N–H and O–H groups in total. The monoisotopic (exact) mass is 544 g/mol. The third-order valence-corrected chi connectivity index (χ3v) is 8.57. The van der Waals surface area contributed by atoms with E-state index in [9.17, 15) is 13.7 Å². The molecule has 39 heavy (non-hydrogen) atoms. The summed E-state index contributed by atoms with van der Waals surface area (Å²) in [6.07, 6.45) is 1.33. The normalized spacial score (nSPS) is 13.4. The molecule has 0 unspecified atom stereocenters. The lowest BCUT2D eigenvalue weighted by molar-refractivity contribution is 0.354. The highest BCUT2D eigenvalue weighted by atomic mass is 32.2. The van der Waals surface area contributed by atoms with E-state index in [1.165, 1.54) is 9.87 Å². The van der Waals surface area contributed by atoms with Gasteiger partial charge in [0.25, 0.3) is 0 Å². The van der Waals surface area contributed by atoms with Crippen molar-refractivity contribution in [2.45, 2.75) is 24.3 Å². The van der Waals surface area contributed by atoms with Crippen molar-refractivity contribution in [3.05, 3.63) is 89.1 Å². The van der Waals surface area contributed by atoms with Gasteiger partial charge in [-0.25, -0.2) is 8.42 Å². The summed E-state index contributed by atoms with van der Waals surface area (Å²) < 4.78 is 44.5. The van der Waals surface area contributed by atoms with Crippen LogP contribution in [0.3, 0.4) is 0 Å². The fraction of sp³-hybridized carbons (Fsp3) is 0.241. The average molecular weight is 545 g/mol. The Morgan fingerprint density at radius 3 is 2.49 bits per heavy atom. The number of nitrogens with zero attached hydrogens (tertiary/aromatic N) is 3. The number of anilines is 1. The van der Waals surface area contributed by atoms with Crippen LogP contribution in [-0.4, -0.2) is 45.0 Å². The summed E-state index contributed by atoms with van der Waals surface area (Å²) in [4.78, 5) is 4.49. The van der Waals surface area contributed by atoms with E-state index in [1.807, 2.05) is 48.5 Å². The summed E-state index contributed by atoms with van der Waals surface area (Å²) in [5, 5.41) is 12.7. The van der Waals surface area contributed by atoms with Crippen LogP contribution in [0.1, 0.15) is 22.4 Å². The second-order valence-corrected chi connectivity index (χ2v) is 11.0. The lowest BCUT2D eigenvalue weighted by Gasteiger charge is -2.28. The summed E-state index contributed by atoms with van der Waals surface area (Å²) in [6.45, 7) is 1.28. The number of nitriles is 1. The van der Waals surface area contributed by atoms with Gasteiger partial charge in [0.05, 0.1) is 19.1 Å². The van der Waals surface area contributed by atoms with Crippen LogP contribution < -0.4 is 14.8 Å². The Balaban J connectivity index is 1.27. The number of ether oxygens (including phenoxy) is 2. The van der Waals surface area contributed by atoms with Crippen molar-refractivity contribution in [1.29, 1.82) is 5.26 Å². The Morgan fingerprint density at radius 1 is 1.03 bits per heavy atom. The highest BCUT2D eigenvalue weighted by molar-refractivity contribution is 7.89. The minimum absolute atomic E-state index is 0.126. The summed E-state index contributed by atoms with van der Waals surface area (Å²) in [7, 11) is -0.484. The van der Waals surface area contributed by atoms with E-state index in [-0.39, 0.29) is 22.4 Å². The smallest absolute Gasteiger partial charge is 0.243 e. The zero-order valence-electron chi connectivity index (χ0n) is 21.7. The molecule has 0 atom stereocenters. The summed E-state index contributed by atoms with van der Waals surface area (Å²) >= 11 is 0. The Bertz CT molecular complexity index is 1620. The van der Waals surface area contributed by atoms with Gasteiger partial charge in [0.1, 0.15) is 6.07 Å². The number of aromatic nitrogens is 1. The fourth-order valence-corrected chi connectivity index (χ4v) is 6.01. The Kier molecular flexibility index (Phi) is 7.54. The van der Waals surface area contributed by atoms with Crippen molar-refractivity contribution in [2.75, 3.05) is 32.6 Å². The highest BCUT2D eigenvalue weighted by Crippen LogP contribution is 2.30. The fourth-order valence-electron chi connectivity index (χ4n) is 4.59. The van der Waals surface area contributed by atoms with Crippen molar-refractivity contribution in [1.82, 2.24) is 9.29 Å². The number of benzene rings is 3. The van der Waals surface area contributed by atoms with Crippen LogP contribution in [0, 0.1) is 11.3 Å². The maximum atomic E-state index is 13.3. The molecule has 2 heterocycles. The van der Waals surface area contributed by atoms with Crippen LogP contribution in [0.5, 0.6) is 11.5 Å². The number of fused-ring (bicyclic) bond motifs is 1. The van der Waals surface area contributed by atoms with Crippen LogP contribution in [0.25, 0.3) is 11.5 Å². The van der Waals surface area contributed by atoms with E-state index >= 15 is 0 Å². The van der Waals surface area contributed by atoms with E-state index in [2.05, 4.69) is 10.3 Å². The molecule has 0 fully saturated rings. The van der Waals surface area contributed by atoms with Gasteiger partial charge in [0.2, 0.25) is 27.5 Å². The van der Waals surface area contributed by atoms with Crippen LogP contribution in [0.4, 0.5) is 5.88 Å². The van der Waals surface area contributed by atoms with Gasteiger partial charge in [0, 0.05) is 25.2 Å². The molecule has 9 nitrogen and oxygen atoms in total. The molecule has 0 saturated heterocycles.